The van der Waals surface area contributed by atoms with E-state index in [4.69, 9.17) is 4.74 Å². The fraction of sp³-hybridized carbons (Fsp3) is 0.778. The Morgan fingerprint density at radius 2 is 2.27 bits per heavy atom. The van der Waals surface area contributed by atoms with E-state index in [0.717, 1.165) is 36.4 Å². The van der Waals surface area contributed by atoms with Crippen LogP contribution < -0.4 is 5.32 Å². The maximum Gasteiger partial charge on any atom is 0.205 e. The lowest BCUT2D eigenvalue weighted by Gasteiger charge is -2.13. The highest BCUT2D eigenvalue weighted by Crippen LogP contribution is 2.15. The monoisotopic (exact) mass is 230 g/mol. The van der Waals surface area contributed by atoms with Crippen molar-refractivity contribution in [1.29, 1.82) is 0 Å². The van der Waals surface area contributed by atoms with Gasteiger partial charge in [-0.15, -0.1) is 10.2 Å². The molecule has 0 amide bonds. The van der Waals surface area contributed by atoms with E-state index in [2.05, 4.69) is 20.4 Å². The zero-order valence-electron chi connectivity index (χ0n) is 9.49. The summed E-state index contributed by atoms with van der Waals surface area (Å²) in [5.74, 6) is 0. The van der Waals surface area contributed by atoms with Crippen LogP contribution in [0.25, 0.3) is 0 Å². The number of ether oxygens (including phenoxy) is 1. The van der Waals surface area contributed by atoms with Crippen LogP contribution in [-0.2, 0) is 11.3 Å². The van der Waals surface area contributed by atoms with E-state index in [1.165, 1.54) is 0 Å². The van der Waals surface area contributed by atoms with Crippen LogP contribution in [0, 0.1) is 0 Å². The SMILES string of the molecule is CCNc1nnc(CN(C)CCOC)s1. The highest BCUT2D eigenvalue weighted by Gasteiger charge is 2.05. The van der Waals surface area contributed by atoms with Crippen LogP contribution in [0.15, 0.2) is 0 Å². The van der Waals surface area contributed by atoms with Crippen LogP contribution in [0.1, 0.15) is 11.9 Å². The van der Waals surface area contributed by atoms with Crippen LogP contribution in [-0.4, -0.2) is 49.0 Å². The second kappa shape index (κ2) is 6.71. The third-order valence-electron chi connectivity index (χ3n) is 1.88. The Morgan fingerprint density at radius 3 is 2.93 bits per heavy atom. The molecule has 1 N–H and O–H groups in total. The Kier molecular flexibility index (Phi) is 5.52. The molecule has 0 aliphatic carbocycles. The summed E-state index contributed by atoms with van der Waals surface area (Å²) < 4.78 is 5.01. The van der Waals surface area contributed by atoms with Crippen LogP contribution in [0.3, 0.4) is 0 Å². The van der Waals surface area contributed by atoms with E-state index in [1.807, 2.05) is 14.0 Å². The zero-order valence-corrected chi connectivity index (χ0v) is 10.3. The van der Waals surface area contributed by atoms with Crippen molar-refractivity contribution in [2.45, 2.75) is 13.5 Å². The van der Waals surface area contributed by atoms with Crippen LogP contribution >= 0.6 is 11.3 Å². The van der Waals surface area contributed by atoms with E-state index in [9.17, 15) is 0 Å². The molecule has 15 heavy (non-hydrogen) atoms. The first-order valence-corrected chi connectivity index (χ1v) is 5.81. The smallest absolute Gasteiger partial charge is 0.205 e. The summed E-state index contributed by atoms with van der Waals surface area (Å²) in [5.41, 5.74) is 0. The maximum atomic E-state index is 5.01. The minimum Gasteiger partial charge on any atom is -0.383 e. The minimum absolute atomic E-state index is 0.745. The molecule has 0 radical (unpaired) electrons. The summed E-state index contributed by atoms with van der Waals surface area (Å²) in [4.78, 5) is 2.17. The molecule has 0 aromatic carbocycles. The molecular formula is C9H18N4OS. The lowest BCUT2D eigenvalue weighted by Crippen LogP contribution is -2.22. The molecule has 1 rings (SSSR count). The third kappa shape index (κ3) is 4.55. The van der Waals surface area contributed by atoms with E-state index in [0.29, 0.717) is 0 Å². The lowest BCUT2D eigenvalue weighted by atomic mass is 10.5. The third-order valence-corrected chi connectivity index (χ3v) is 2.74. The Balaban J connectivity index is 2.35. The van der Waals surface area contributed by atoms with Crippen molar-refractivity contribution >= 4 is 16.5 Å². The van der Waals surface area contributed by atoms with Gasteiger partial charge in [-0.3, -0.25) is 4.90 Å². The first-order valence-electron chi connectivity index (χ1n) is 5.00. The number of hydrogen-bond acceptors (Lipinski definition) is 6. The molecule has 0 atom stereocenters. The first-order chi connectivity index (χ1) is 7.26. The maximum absolute atomic E-state index is 5.01. The highest BCUT2D eigenvalue weighted by atomic mass is 32.1. The van der Waals surface area contributed by atoms with Crippen molar-refractivity contribution in [2.75, 3.05) is 39.2 Å². The van der Waals surface area contributed by atoms with Crippen LogP contribution in [0.4, 0.5) is 5.13 Å². The molecule has 6 heteroatoms. The van der Waals surface area contributed by atoms with E-state index < -0.39 is 0 Å². The van der Waals surface area contributed by atoms with Gasteiger partial charge < -0.3 is 10.1 Å². The fourth-order valence-corrected chi connectivity index (χ4v) is 1.99. The Morgan fingerprint density at radius 1 is 1.47 bits per heavy atom. The fourth-order valence-electron chi connectivity index (χ4n) is 1.10. The predicted octanol–water partition coefficient (Wildman–Crippen LogP) is 1.05. The quantitative estimate of drug-likeness (QED) is 0.758. The topological polar surface area (TPSA) is 50.3 Å². The number of methoxy groups -OCH3 is 1. The Bertz CT molecular complexity index is 279. The summed E-state index contributed by atoms with van der Waals surface area (Å²) >= 11 is 1.60. The molecule has 0 aliphatic heterocycles. The van der Waals surface area contributed by atoms with Gasteiger partial charge in [-0.25, -0.2) is 0 Å². The Hall–Kier alpha value is -0.720. The molecule has 0 saturated heterocycles. The van der Waals surface area contributed by atoms with Crippen LogP contribution in [0.2, 0.25) is 0 Å². The van der Waals surface area contributed by atoms with Gasteiger partial charge in [0.25, 0.3) is 0 Å². The molecule has 0 unspecified atom stereocenters. The van der Waals surface area contributed by atoms with Crippen molar-refractivity contribution < 1.29 is 4.74 Å². The molecule has 0 aliphatic rings. The summed E-state index contributed by atoms with van der Waals surface area (Å²) in [6.07, 6.45) is 0. The molecule has 5 nitrogen and oxygen atoms in total. The lowest BCUT2D eigenvalue weighted by molar-refractivity contribution is 0.158. The van der Waals surface area contributed by atoms with E-state index >= 15 is 0 Å². The summed E-state index contributed by atoms with van der Waals surface area (Å²) in [7, 11) is 3.76. The molecule has 86 valence electrons. The Labute approximate surface area is 94.5 Å². The van der Waals surface area contributed by atoms with Crippen molar-refractivity contribution in [3.63, 3.8) is 0 Å². The van der Waals surface area contributed by atoms with Gasteiger partial charge in [0.15, 0.2) is 0 Å². The number of nitrogens with zero attached hydrogens (tertiary/aromatic N) is 3. The summed E-state index contributed by atoms with van der Waals surface area (Å²) in [6, 6.07) is 0. The molecular weight excluding hydrogens is 212 g/mol. The zero-order chi connectivity index (χ0) is 11.1. The van der Waals surface area contributed by atoms with Crippen LogP contribution in [0.5, 0.6) is 0 Å². The van der Waals surface area contributed by atoms with E-state index in [1.54, 1.807) is 18.4 Å². The molecule has 0 bridgehead atoms. The molecule has 1 aromatic heterocycles. The van der Waals surface area contributed by atoms with Gasteiger partial charge in [-0.1, -0.05) is 11.3 Å². The molecule has 1 aromatic rings. The number of aromatic nitrogens is 2. The van der Waals surface area contributed by atoms with E-state index in [-0.39, 0.29) is 0 Å². The van der Waals surface area contributed by atoms with Gasteiger partial charge in [-0.2, -0.15) is 0 Å². The molecule has 1 heterocycles. The average molecular weight is 230 g/mol. The second-order valence-corrected chi connectivity index (χ2v) is 4.32. The normalized spacial score (nSPS) is 10.9. The van der Waals surface area contributed by atoms with Gasteiger partial charge in [0.1, 0.15) is 5.01 Å². The number of hydrogen-bond donors (Lipinski definition) is 1. The number of nitrogens with one attached hydrogen (secondary N) is 1. The summed E-state index contributed by atoms with van der Waals surface area (Å²) in [6.45, 7) is 5.41. The standard InChI is InChI=1S/C9H18N4OS/c1-4-10-9-12-11-8(15-9)7-13(2)5-6-14-3/h4-7H2,1-3H3,(H,10,12). The van der Waals surface area contributed by atoms with Gasteiger partial charge in [0, 0.05) is 20.2 Å². The first kappa shape index (κ1) is 12.4. The van der Waals surface area contributed by atoms with Gasteiger partial charge in [0.2, 0.25) is 5.13 Å². The van der Waals surface area contributed by atoms with Gasteiger partial charge in [-0.05, 0) is 14.0 Å². The van der Waals surface area contributed by atoms with Crippen molar-refractivity contribution in [2.24, 2.45) is 0 Å². The number of likely N-dealkylation sites (N-methyl/N-ethyl adjacent to an activating group) is 1. The predicted molar refractivity (Wildman–Crippen MR) is 62.3 cm³/mol. The molecule has 0 saturated carbocycles. The summed E-state index contributed by atoms with van der Waals surface area (Å²) in [5, 5.41) is 13.2. The van der Waals surface area contributed by atoms with Crippen molar-refractivity contribution in [1.82, 2.24) is 15.1 Å². The average Bonchev–Trinajstić information content (AvgIpc) is 2.63. The van der Waals surface area contributed by atoms with Gasteiger partial charge >= 0.3 is 0 Å². The number of rotatable bonds is 7. The number of anilines is 1. The van der Waals surface area contributed by atoms with Gasteiger partial charge in [0.05, 0.1) is 13.2 Å². The molecule has 0 spiro atoms. The second-order valence-electron chi connectivity index (χ2n) is 3.26. The minimum atomic E-state index is 0.745. The molecule has 0 fully saturated rings. The van der Waals surface area contributed by atoms with Crippen molar-refractivity contribution in [3.05, 3.63) is 5.01 Å². The highest BCUT2D eigenvalue weighted by molar-refractivity contribution is 7.15. The van der Waals surface area contributed by atoms with Crippen molar-refractivity contribution in [3.8, 4) is 0 Å². The largest absolute Gasteiger partial charge is 0.383 e.